The number of aromatic nitrogens is 5. The number of rotatable bonds is 8. The molecule has 0 radical (unpaired) electrons. The van der Waals surface area contributed by atoms with Crippen LogP contribution in [0.3, 0.4) is 0 Å². The van der Waals surface area contributed by atoms with Crippen molar-refractivity contribution in [2.45, 2.75) is 89.4 Å². The van der Waals surface area contributed by atoms with Crippen molar-refractivity contribution in [1.29, 1.82) is 0 Å². The molecule has 0 aromatic carbocycles. The van der Waals surface area contributed by atoms with Crippen LogP contribution in [0.1, 0.15) is 56.6 Å². The summed E-state index contributed by atoms with van der Waals surface area (Å²) in [6.07, 6.45) is -2.22. The van der Waals surface area contributed by atoms with Gasteiger partial charge in [-0.15, -0.1) is 21.5 Å². The molecule has 2 aliphatic heterocycles. The first-order valence-corrected chi connectivity index (χ1v) is 14.3. The molecule has 15 heteroatoms. The lowest BCUT2D eigenvalue weighted by Crippen LogP contribution is -2.47. The lowest BCUT2D eigenvalue weighted by Gasteiger charge is -2.32. The molecule has 3 unspecified atom stereocenters. The van der Waals surface area contributed by atoms with E-state index >= 15 is 0 Å². The van der Waals surface area contributed by atoms with Gasteiger partial charge in [0.15, 0.2) is 17.3 Å². The first-order valence-electron chi connectivity index (χ1n) is 13.5. The Hall–Kier alpha value is -2.59. The highest BCUT2D eigenvalue weighted by atomic mass is 32.1. The van der Waals surface area contributed by atoms with Crippen LogP contribution in [0.5, 0.6) is 0 Å². The fourth-order valence-corrected chi connectivity index (χ4v) is 7.02. The Balaban J connectivity index is 1.36. The fraction of sp³-hybridized carbons (Fsp3) is 0.680. The van der Waals surface area contributed by atoms with Crippen LogP contribution in [0.4, 0.5) is 24.9 Å². The van der Waals surface area contributed by atoms with Crippen LogP contribution in [0.2, 0.25) is 0 Å². The van der Waals surface area contributed by atoms with Gasteiger partial charge < -0.3 is 34.1 Å². The lowest BCUT2D eigenvalue weighted by atomic mass is 10.1. The van der Waals surface area contributed by atoms with E-state index < -0.39 is 29.6 Å². The van der Waals surface area contributed by atoms with Crippen molar-refractivity contribution in [2.75, 3.05) is 30.0 Å². The maximum atomic E-state index is 13.4. The molecule has 5 heterocycles. The van der Waals surface area contributed by atoms with E-state index in [1.54, 1.807) is 11.3 Å². The smallest absolute Gasteiger partial charge is 0.394 e. The lowest BCUT2D eigenvalue weighted by molar-refractivity contribution is -0.174. The number of nitrogens with zero attached hydrogens (tertiary/aromatic N) is 6. The van der Waals surface area contributed by atoms with Crippen molar-refractivity contribution in [3.05, 3.63) is 22.6 Å². The Morgan fingerprint density at radius 3 is 2.83 bits per heavy atom. The molecule has 3 atom stereocenters. The SMILES string of the molecule is CCCc1cc2c(N3CCn4c(nnc4C(F)(F)F)C3)nc(NC34CCC(OCCO)C3OC(C)(C)O4)nc2s1. The first kappa shape index (κ1) is 27.6. The third-order valence-electron chi connectivity index (χ3n) is 7.41. The average molecular weight is 584 g/mol. The number of anilines is 2. The standard InChI is InChI=1S/C25H32F3N7O4S/c1-4-5-14-12-15-19(34-8-9-35-17(13-34)32-33-21(35)25(26,27)28)29-22(30-20(15)40-14)31-24-7-6-16(37-11-10-36)18(24)38-23(2,3)39-24/h12,16,18,36H,4-11,13H2,1-3H3,(H,29,30,31). The second-order valence-corrected chi connectivity index (χ2v) is 11.9. The summed E-state index contributed by atoms with van der Waals surface area (Å²) < 4.78 is 59.9. The quantitative estimate of drug-likeness (QED) is 0.406. The molecule has 3 aromatic heterocycles. The Labute approximate surface area is 232 Å². The summed E-state index contributed by atoms with van der Waals surface area (Å²) in [5.74, 6) is -0.675. The maximum Gasteiger partial charge on any atom is 0.451 e. The van der Waals surface area contributed by atoms with Gasteiger partial charge >= 0.3 is 6.18 Å². The number of ether oxygens (including phenoxy) is 3. The molecule has 2 N–H and O–H groups in total. The van der Waals surface area contributed by atoms with Gasteiger partial charge in [-0.1, -0.05) is 13.3 Å². The van der Waals surface area contributed by atoms with Crippen LogP contribution < -0.4 is 10.2 Å². The molecule has 0 bridgehead atoms. The zero-order valence-electron chi connectivity index (χ0n) is 22.5. The van der Waals surface area contributed by atoms with Gasteiger partial charge in [0.05, 0.1) is 31.2 Å². The molecule has 40 heavy (non-hydrogen) atoms. The van der Waals surface area contributed by atoms with Crippen molar-refractivity contribution < 1.29 is 32.5 Å². The molecule has 1 saturated carbocycles. The predicted octanol–water partition coefficient (Wildman–Crippen LogP) is 3.71. The minimum Gasteiger partial charge on any atom is -0.394 e. The van der Waals surface area contributed by atoms with Crippen molar-refractivity contribution in [2.24, 2.45) is 0 Å². The van der Waals surface area contributed by atoms with Crippen molar-refractivity contribution in [3.63, 3.8) is 0 Å². The Bertz CT molecular complexity index is 1400. The van der Waals surface area contributed by atoms with Gasteiger partial charge in [-0.3, -0.25) is 0 Å². The van der Waals surface area contributed by atoms with Crippen molar-refractivity contribution in [3.8, 4) is 0 Å². The normalized spacial score (nSPS) is 25.9. The van der Waals surface area contributed by atoms with Crippen LogP contribution >= 0.6 is 11.3 Å². The highest BCUT2D eigenvalue weighted by molar-refractivity contribution is 7.18. The zero-order chi connectivity index (χ0) is 28.3. The van der Waals surface area contributed by atoms with Gasteiger partial charge in [-0.2, -0.15) is 18.2 Å². The predicted molar refractivity (Wildman–Crippen MR) is 140 cm³/mol. The number of aliphatic hydroxyl groups is 1. The van der Waals surface area contributed by atoms with E-state index in [0.717, 1.165) is 32.5 Å². The van der Waals surface area contributed by atoms with E-state index in [-0.39, 0.29) is 38.2 Å². The minimum absolute atomic E-state index is 0.0818. The summed E-state index contributed by atoms with van der Waals surface area (Å²) in [5.41, 5.74) is -0.943. The summed E-state index contributed by atoms with van der Waals surface area (Å²) in [5, 5.41) is 20.8. The second-order valence-electron chi connectivity index (χ2n) is 10.8. The highest BCUT2D eigenvalue weighted by Crippen LogP contribution is 2.48. The molecule has 1 saturated heterocycles. The molecule has 2 fully saturated rings. The summed E-state index contributed by atoms with van der Waals surface area (Å²) in [7, 11) is 0. The zero-order valence-corrected chi connectivity index (χ0v) is 23.3. The number of alkyl halides is 3. The Morgan fingerprint density at radius 1 is 1.25 bits per heavy atom. The monoisotopic (exact) mass is 583 g/mol. The highest BCUT2D eigenvalue weighted by Gasteiger charge is 2.61. The van der Waals surface area contributed by atoms with E-state index in [4.69, 9.17) is 24.2 Å². The van der Waals surface area contributed by atoms with Crippen LogP contribution in [0, 0.1) is 0 Å². The summed E-state index contributed by atoms with van der Waals surface area (Å²) in [4.78, 5) is 13.6. The fourth-order valence-electron chi connectivity index (χ4n) is 5.89. The van der Waals surface area contributed by atoms with Gasteiger partial charge in [0, 0.05) is 24.4 Å². The van der Waals surface area contributed by atoms with Gasteiger partial charge in [0.2, 0.25) is 11.8 Å². The third-order valence-corrected chi connectivity index (χ3v) is 8.50. The van der Waals surface area contributed by atoms with E-state index in [0.29, 0.717) is 31.2 Å². The molecular weight excluding hydrogens is 551 g/mol. The number of halogens is 3. The number of aryl methyl sites for hydroxylation is 1. The summed E-state index contributed by atoms with van der Waals surface area (Å²) in [6, 6.07) is 2.07. The van der Waals surface area contributed by atoms with Crippen molar-refractivity contribution in [1.82, 2.24) is 24.7 Å². The molecule has 0 spiro atoms. The Kier molecular flexibility index (Phi) is 6.93. The van der Waals surface area contributed by atoms with Gasteiger partial charge in [-0.25, -0.2) is 4.98 Å². The van der Waals surface area contributed by atoms with Crippen molar-refractivity contribution >= 4 is 33.3 Å². The molecule has 0 amide bonds. The molecule has 1 aliphatic carbocycles. The molecular formula is C25H32F3N7O4S. The Morgan fingerprint density at radius 2 is 2.08 bits per heavy atom. The van der Waals surface area contributed by atoms with Crippen LogP contribution in [0.25, 0.3) is 10.2 Å². The maximum absolute atomic E-state index is 13.4. The average Bonchev–Trinajstić information content (AvgIpc) is 3.62. The van der Waals surface area contributed by atoms with Gasteiger partial charge in [0.1, 0.15) is 16.8 Å². The van der Waals surface area contributed by atoms with Crippen LogP contribution in [0.15, 0.2) is 6.07 Å². The second kappa shape index (κ2) is 10.0. The number of hydrogen-bond acceptors (Lipinski definition) is 11. The van der Waals surface area contributed by atoms with Gasteiger partial charge in [-0.05, 0) is 32.8 Å². The number of aliphatic hydroxyl groups excluding tert-OH is 1. The minimum atomic E-state index is -4.57. The molecule has 3 aliphatic rings. The number of fused-ring (bicyclic) bond motifs is 3. The van der Waals surface area contributed by atoms with Crippen LogP contribution in [-0.2, 0) is 39.9 Å². The molecule has 6 rings (SSSR count). The van der Waals surface area contributed by atoms with E-state index in [1.807, 2.05) is 18.7 Å². The topological polar surface area (TPSA) is 120 Å². The summed E-state index contributed by atoms with van der Waals surface area (Å²) in [6.45, 7) is 6.39. The number of hydrogen-bond donors (Lipinski definition) is 2. The van der Waals surface area contributed by atoms with E-state index in [1.165, 1.54) is 0 Å². The van der Waals surface area contributed by atoms with Gasteiger partial charge in [0.25, 0.3) is 0 Å². The molecule has 3 aromatic rings. The molecule has 218 valence electrons. The number of nitrogens with one attached hydrogen (secondary N) is 1. The van der Waals surface area contributed by atoms with E-state index in [9.17, 15) is 18.3 Å². The first-order chi connectivity index (χ1) is 19.0. The largest absolute Gasteiger partial charge is 0.451 e. The third kappa shape index (κ3) is 4.91. The van der Waals surface area contributed by atoms with E-state index in [2.05, 4.69) is 28.5 Å². The summed E-state index contributed by atoms with van der Waals surface area (Å²) >= 11 is 1.58. The van der Waals surface area contributed by atoms with Crippen LogP contribution in [-0.4, -0.2) is 73.3 Å². The molecule has 11 nitrogen and oxygen atoms in total. The number of thiophene rings is 1.